The minimum absolute atomic E-state index is 0.00255. The van der Waals surface area contributed by atoms with Crippen molar-refractivity contribution in [2.24, 2.45) is 0 Å². The van der Waals surface area contributed by atoms with Gasteiger partial charge in [-0.05, 0) is 43.5 Å². The van der Waals surface area contributed by atoms with E-state index in [1.807, 2.05) is 32.6 Å². The van der Waals surface area contributed by atoms with Crippen LogP contribution >= 0.6 is 34.8 Å². The van der Waals surface area contributed by atoms with Gasteiger partial charge in [0.05, 0.1) is 38.7 Å². The van der Waals surface area contributed by atoms with E-state index in [0.29, 0.717) is 23.3 Å². The first-order valence-corrected chi connectivity index (χ1v) is 15.4. The van der Waals surface area contributed by atoms with Crippen LogP contribution in [-0.2, 0) is 4.79 Å². The van der Waals surface area contributed by atoms with Gasteiger partial charge in [-0.1, -0.05) is 55.2 Å². The summed E-state index contributed by atoms with van der Waals surface area (Å²) in [6.45, 7) is 12.0. The molecule has 45 heavy (non-hydrogen) atoms. The van der Waals surface area contributed by atoms with Gasteiger partial charge in [0, 0.05) is 25.3 Å². The van der Waals surface area contributed by atoms with E-state index >= 15 is 4.39 Å². The molecule has 2 aliphatic heterocycles. The number of aromatic nitrogens is 4. The first kappa shape index (κ1) is 31.1. The van der Waals surface area contributed by atoms with Crippen molar-refractivity contribution in [2.45, 2.75) is 45.7 Å². The smallest absolute Gasteiger partial charge is 0.355 e. The van der Waals surface area contributed by atoms with Crippen LogP contribution in [-0.4, -0.2) is 62.1 Å². The van der Waals surface area contributed by atoms with Crippen LogP contribution in [0.1, 0.15) is 37.9 Å². The van der Waals surface area contributed by atoms with E-state index in [9.17, 15) is 9.59 Å². The van der Waals surface area contributed by atoms with E-state index in [1.165, 1.54) is 16.7 Å². The summed E-state index contributed by atoms with van der Waals surface area (Å²) < 4.78 is 23.5. The molecule has 10 nitrogen and oxygen atoms in total. The van der Waals surface area contributed by atoms with Crippen LogP contribution in [0.25, 0.3) is 28.0 Å². The van der Waals surface area contributed by atoms with Crippen molar-refractivity contribution in [1.29, 1.82) is 0 Å². The highest BCUT2D eigenvalue weighted by Crippen LogP contribution is 2.48. The Morgan fingerprint density at radius 1 is 1.22 bits per heavy atom. The number of hydrogen-bond donors (Lipinski definition) is 1. The summed E-state index contributed by atoms with van der Waals surface area (Å²) in [5, 5.41) is -0.0208. The van der Waals surface area contributed by atoms with Gasteiger partial charge in [0.2, 0.25) is 5.91 Å². The summed E-state index contributed by atoms with van der Waals surface area (Å²) in [5.41, 5.74) is 7.10. The fourth-order valence-corrected chi connectivity index (χ4v) is 6.81. The van der Waals surface area contributed by atoms with Crippen molar-refractivity contribution < 1.29 is 13.9 Å². The van der Waals surface area contributed by atoms with Gasteiger partial charge in [0.25, 0.3) is 0 Å². The molecule has 0 aliphatic carbocycles. The van der Waals surface area contributed by atoms with E-state index in [4.69, 9.17) is 50.3 Å². The minimum Gasteiger partial charge on any atom is -0.489 e. The van der Waals surface area contributed by atoms with Gasteiger partial charge >= 0.3 is 5.69 Å². The number of halogens is 4. The number of anilines is 2. The first-order chi connectivity index (χ1) is 21.3. The molecule has 0 saturated carbocycles. The lowest BCUT2D eigenvalue weighted by molar-refractivity contribution is -0.129. The number of carbonyl (C=O) groups excluding carboxylic acids is 1. The number of carbonyl (C=O) groups is 1. The largest absolute Gasteiger partial charge is 0.489 e. The molecule has 1 aromatic carbocycles. The lowest BCUT2D eigenvalue weighted by atomic mass is 10.0. The molecule has 3 aromatic heterocycles. The summed E-state index contributed by atoms with van der Waals surface area (Å²) in [4.78, 5) is 44.5. The Kier molecular flexibility index (Phi) is 7.91. The lowest BCUT2D eigenvalue weighted by Crippen LogP contribution is -2.60. The van der Waals surface area contributed by atoms with E-state index in [0.717, 1.165) is 5.56 Å². The van der Waals surface area contributed by atoms with Gasteiger partial charge in [0.15, 0.2) is 17.2 Å². The molecule has 2 N–H and O–H groups in total. The van der Waals surface area contributed by atoms with Crippen LogP contribution in [0, 0.1) is 12.7 Å². The Bertz CT molecular complexity index is 1960. The molecule has 2 atom stereocenters. The molecular weight excluding hydrogens is 644 g/mol. The second kappa shape index (κ2) is 11.5. The van der Waals surface area contributed by atoms with E-state index in [2.05, 4.69) is 16.5 Å². The van der Waals surface area contributed by atoms with Crippen molar-refractivity contribution in [1.82, 2.24) is 24.4 Å². The molecule has 4 aromatic rings. The van der Waals surface area contributed by atoms with Crippen LogP contribution in [0.3, 0.4) is 0 Å². The highest BCUT2D eigenvalue weighted by Gasteiger charge is 2.40. The molecule has 0 radical (unpaired) electrons. The van der Waals surface area contributed by atoms with Gasteiger partial charge in [0.1, 0.15) is 28.5 Å². The summed E-state index contributed by atoms with van der Waals surface area (Å²) in [5.74, 6) is -0.787. The summed E-state index contributed by atoms with van der Waals surface area (Å²) in [6.07, 6.45) is 2.93. The molecule has 1 saturated heterocycles. The van der Waals surface area contributed by atoms with E-state index < -0.39 is 17.5 Å². The number of piperazine rings is 1. The minimum atomic E-state index is -0.887. The molecule has 0 bridgehead atoms. The number of nitrogen functional groups attached to an aromatic ring is 1. The second-order valence-electron chi connectivity index (χ2n) is 11.5. The topological polar surface area (TPSA) is 119 Å². The Morgan fingerprint density at radius 3 is 2.64 bits per heavy atom. The number of rotatable bonds is 4. The number of pyridine rings is 2. The number of ether oxygens (including phenoxy) is 1. The van der Waals surface area contributed by atoms with Gasteiger partial charge in [-0.25, -0.2) is 18.7 Å². The molecule has 1 fully saturated rings. The van der Waals surface area contributed by atoms with Gasteiger partial charge in [-0.3, -0.25) is 9.78 Å². The zero-order valence-corrected chi connectivity index (χ0v) is 27.1. The van der Waals surface area contributed by atoms with E-state index in [1.54, 1.807) is 17.2 Å². The predicted octanol–water partition coefficient (Wildman–Crippen LogP) is 5.94. The highest BCUT2D eigenvalue weighted by atomic mass is 35.5. The maximum Gasteiger partial charge on any atom is 0.355 e. The average molecular weight is 673 g/mol. The molecule has 2 aliphatic rings. The quantitative estimate of drug-likeness (QED) is 0.161. The number of nitrogens with two attached hydrogens (primary N) is 1. The second-order valence-corrected chi connectivity index (χ2v) is 12.7. The molecule has 0 spiro atoms. The summed E-state index contributed by atoms with van der Waals surface area (Å²) >= 11 is 19.5. The first-order valence-electron chi connectivity index (χ1n) is 14.2. The standard InChI is InChI=1S/C31H29Cl3FN7O3/c1-6-19(43)40-11-16-12-45-28-21-29(41(16)10-15(40)5)39-31(44)42(27-14(4)7-8-37-25(27)13(2)3)30(21)38-26(22(28)34)20-23(35)17(32)9-18(33)24(20)36/h6-9,13,15-16H,1,10-12,36H2,2-5H3. The number of amides is 1. The normalized spacial score (nSPS) is 17.7. The average Bonchev–Trinajstić information content (AvgIpc) is 3.15. The maximum absolute atomic E-state index is 15.7. The zero-order valence-electron chi connectivity index (χ0n) is 24.9. The van der Waals surface area contributed by atoms with Crippen molar-refractivity contribution in [3.63, 3.8) is 0 Å². The molecular formula is C31H29Cl3FN7O3. The summed E-state index contributed by atoms with van der Waals surface area (Å²) in [6, 6.07) is 2.32. The van der Waals surface area contributed by atoms with Gasteiger partial charge in [-0.15, -0.1) is 0 Å². The fraction of sp³-hybridized carbons (Fsp3) is 0.323. The Morgan fingerprint density at radius 2 is 1.96 bits per heavy atom. The SMILES string of the molecule is C=CC(=O)N1CC2COc3c(Cl)c(-c4c(N)c(Cl)cc(Cl)c4F)nc4c3c(nc(=O)n4-c3c(C)ccnc3C(C)C)N2CC1C. The molecule has 5 heterocycles. The third kappa shape index (κ3) is 4.88. The predicted molar refractivity (Wildman–Crippen MR) is 175 cm³/mol. The third-order valence-corrected chi connectivity index (χ3v) is 9.20. The van der Waals surface area contributed by atoms with Gasteiger partial charge in [-0.2, -0.15) is 4.98 Å². The maximum atomic E-state index is 15.7. The molecule has 2 unspecified atom stereocenters. The Hall–Kier alpha value is -3.93. The molecule has 6 rings (SSSR count). The van der Waals surface area contributed by atoms with Crippen molar-refractivity contribution >= 4 is 63.2 Å². The van der Waals surface area contributed by atoms with Gasteiger partial charge < -0.3 is 20.3 Å². The Balaban J connectivity index is 1.74. The van der Waals surface area contributed by atoms with Crippen LogP contribution in [0.4, 0.5) is 15.9 Å². The third-order valence-electron chi connectivity index (χ3n) is 8.27. The molecule has 234 valence electrons. The zero-order chi connectivity index (χ0) is 32.5. The number of nitrogens with zero attached hydrogens (tertiary/aromatic N) is 6. The van der Waals surface area contributed by atoms with E-state index in [-0.39, 0.29) is 80.2 Å². The van der Waals surface area contributed by atoms with Crippen molar-refractivity contribution in [3.8, 4) is 22.7 Å². The van der Waals surface area contributed by atoms with Crippen LogP contribution < -0.4 is 21.1 Å². The van der Waals surface area contributed by atoms with Crippen LogP contribution in [0.2, 0.25) is 15.1 Å². The Labute approximate surface area is 273 Å². The fourth-order valence-electron chi connectivity index (χ4n) is 6.06. The molecule has 1 amide bonds. The van der Waals surface area contributed by atoms with Crippen molar-refractivity contribution in [2.75, 3.05) is 30.3 Å². The number of hydrogen-bond acceptors (Lipinski definition) is 8. The van der Waals surface area contributed by atoms with Crippen LogP contribution in [0.5, 0.6) is 5.75 Å². The number of aryl methyl sites for hydroxylation is 1. The van der Waals surface area contributed by atoms with Crippen LogP contribution in [0.15, 0.2) is 35.8 Å². The van der Waals surface area contributed by atoms with Crippen molar-refractivity contribution in [3.05, 3.63) is 73.6 Å². The summed E-state index contributed by atoms with van der Waals surface area (Å²) in [7, 11) is 0. The lowest BCUT2D eigenvalue weighted by Gasteiger charge is -2.44. The monoisotopic (exact) mass is 671 g/mol. The molecule has 14 heteroatoms. The number of fused-ring (bicyclic) bond motifs is 2. The highest BCUT2D eigenvalue weighted by molar-refractivity contribution is 6.39. The number of benzene rings is 1.